The summed E-state index contributed by atoms with van der Waals surface area (Å²) < 4.78 is 61.7. The van der Waals surface area contributed by atoms with Gasteiger partial charge in [-0.1, -0.05) is 6.07 Å². The quantitative estimate of drug-likeness (QED) is 0.787. The molecule has 1 aromatic heterocycles. The Kier molecular flexibility index (Phi) is 4.67. The lowest BCUT2D eigenvalue weighted by Gasteiger charge is -2.18. The zero-order valence-electron chi connectivity index (χ0n) is 13.2. The summed E-state index contributed by atoms with van der Waals surface area (Å²) in [5, 5.41) is -1.13. The van der Waals surface area contributed by atoms with Crippen molar-refractivity contribution in [3.8, 4) is 11.5 Å². The first-order valence-electron chi connectivity index (χ1n) is 7.25. The lowest BCUT2D eigenvalue weighted by atomic mass is 10.2. The molecule has 1 aliphatic rings. The van der Waals surface area contributed by atoms with Gasteiger partial charge >= 0.3 is 0 Å². The number of benzene rings is 1. The molecule has 0 aliphatic carbocycles. The van der Waals surface area contributed by atoms with Crippen LogP contribution in [0, 0.1) is 0 Å². The Hall–Kier alpha value is -2.17. The first-order valence-corrected chi connectivity index (χ1v) is 10.7. The van der Waals surface area contributed by atoms with Gasteiger partial charge in [0.25, 0.3) is 0 Å². The van der Waals surface area contributed by atoms with E-state index in [-0.39, 0.29) is 18.2 Å². The van der Waals surface area contributed by atoms with Crippen LogP contribution in [0.4, 0.5) is 0 Å². The van der Waals surface area contributed by atoms with E-state index in [2.05, 4.69) is 9.71 Å². The maximum atomic E-state index is 13.1. The first-order chi connectivity index (χ1) is 11.8. The summed E-state index contributed by atoms with van der Waals surface area (Å²) in [5.74, 6) is 0.799. The standard InChI is InChI=1S/C15H16N2O6S2/c1-24(18,19)17-9-15(11-3-2-6-16-8-11)25(20,21)12-4-5-13-14(7-12)23-10-22-13/h2-8,15,17H,9-10H2,1H3/t15-/m0/s1. The molecule has 0 unspecified atom stereocenters. The van der Waals surface area contributed by atoms with Gasteiger partial charge in [0.1, 0.15) is 5.25 Å². The Bertz CT molecular complexity index is 974. The monoisotopic (exact) mass is 384 g/mol. The molecule has 1 aliphatic heterocycles. The Balaban J connectivity index is 2.01. The first kappa shape index (κ1) is 17.6. The van der Waals surface area contributed by atoms with Crippen molar-refractivity contribution in [2.75, 3.05) is 19.6 Å². The molecular weight excluding hydrogens is 368 g/mol. The summed E-state index contributed by atoms with van der Waals surface area (Å²) in [6.45, 7) is -0.276. The van der Waals surface area contributed by atoms with Crippen LogP contribution in [0.3, 0.4) is 0 Å². The maximum Gasteiger partial charge on any atom is 0.231 e. The predicted molar refractivity (Wildman–Crippen MR) is 89.6 cm³/mol. The summed E-state index contributed by atoms with van der Waals surface area (Å²) in [6.07, 6.45) is 3.89. The van der Waals surface area contributed by atoms with Gasteiger partial charge < -0.3 is 9.47 Å². The third-order valence-electron chi connectivity index (χ3n) is 3.63. The minimum Gasteiger partial charge on any atom is -0.454 e. The summed E-state index contributed by atoms with van der Waals surface area (Å²) in [7, 11) is -7.46. The molecule has 2 heterocycles. The van der Waals surface area contributed by atoms with Crippen LogP contribution in [0.2, 0.25) is 0 Å². The van der Waals surface area contributed by atoms with E-state index in [0.29, 0.717) is 17.1 Å². The molecule has 0 bridgehead atoms. The summed E-state index contributed by atoms with van der Waals surface area (Å²) in [4.78, 5) is 3.94. The Morgan fingerprint density at radius 1 is 1.16 bits per heavy atom. The van der Waals surface area contributed by atoms with E-state index in [0.717, 1.165) is 6.26 Å². The van der Waals surface area contributed by atoms with Crippen molar-refractivity contribution in [3.63, 3.8) is 0 Å². The molecule has 0 amide bonds. The lowest BCUT2D eigenvalue weighted by Crippen LogP contribution is -2.31. The van der Waals surface area contributed by atoms with Crippen LogP contribution in [0.15, 0.2) is 47.6 Å². The van der Waals surface area contributed by atoms with E-state index in [4.69, 9.17) is 9.47 Å². The van der Waals surface area contributed by atoms with Crippen LogP contribution in [0.1, 0.15) is 10.8 Å². The number of sulfonamides is 1. The van der Waals surface area contributed by atoms with Gasteiger partial charge in [0.05, 0.1) is 11.2 Å². The highest BCUT2D eigenvalue weighted by atomic mass is 32.2. The molecule has 0 saturated heterocycles. The fraction of sp³-hybridized carbons (Fsp3) is 0.267. The second-order valence-electron chi connectivity index (χ2n) is 5.46. The van der Waals surface area contributed by atoms with Crippen molar-refractivity contribution < 1.29 is 26.3 Å². The molecule has 1 aromatic carbocycles. The number of fused-ring (bicyclic) bond motifs is 1. The average Bonchev–Trinajstić information content (AvgIpc) is 3.02. The van der Waals surface area contributed by atoms with Gasteiger partial charge in [0.2, 0.25) is 16.8 Å². The molecule has 3 rings (SSSR count). The third-order valence-corrected chi connectivity index (χ3v) is 6.42. The summed E-state index contributed by atoms with van der Waals surface area (Å²) in [6, 6.07) is 7.48. The van der Waals surface area contributed by atoms with Crippen LogP contribution in [-0.2, 0) is 19.9 Å². The number of hydrogen-bond acceptors (Lipinski definition) is 7. The van der Waals surface area contributed by atoms with Gasteiger partial charge in [-0.2, -0.15) is 0 Å². The summed E-state index contributed by atoms with van der Waals surface area (Å²) in [5.41, 5.74) is 0.385. The highest BCUT2D eigenvalue weighted by Gasteiger charge is 2.31. The van der Waals surface area contributed by atoms with E-state index in [1.54, 1.807) is 12.1 Å². The van der Waals surface area contributed by atoms with Gasteiger partial charge in [0, 0.05) is 25.0 Å². The fourth-order valence-electron chi connectivity index (χ4n) is 2.42. The minimum atomic E-state index is -3.90. The SMILES string of the molecule is CS(=O)(=O)NC[C@@H](c1cccnc1)S(=O)(=O)c1ccc2c(c1)OCO2. The number of rotatable bonds is 6. The van der Waals surface area contributed by atoms with Crippen molar-refractivity contribution in [1.29, 1.82) is 0 Å². The number of aromatic nitrogens is 1. The van der Waals surface area contributed by atoms with Crippen molar-refractivity contribution in [2.24, 2.45) is 0 Å². The van der Waals surface area contributed by atoms with Gasteiger partial charge in [-0.3, -0.25) is 4.98 Å². The number of hydrogen-bond donors (Lipinski definition) is 1. The van der Waals surface area contributed by atoms with Crippen LogP contribution >= 0.6 is 0 Å². The molecule has 0 fully saturated rings. The number of ether oxygens (including phenoxy) is 2. The molecule has 1 N–H and O–H groups in total. The number of sulfone groups is 1. The Morgan fingerprint density at radius 2 is 1.92 bits per heavy atom. The Labute approximate surface area is 145 Å². The molecule has 0 spiro atoms. The molecule has 0 radical (unpaired) electrons. The molecular formula is C15H16N2O6S2. The number of pyridine rings is 1. The molecule has 0 saturated carbocycles. The van der Waals surface area contributed by atoms with Crippen LogP contribution in [-0.4, -0.2) is 41.4 Å². The van der Waals surface area contributed by atoms with E-state index < -0.39 is 25.1 Å². The van der Waals surface area contributed by atoms with Crippen molar-refractivity contribution in [1.82, 2.24) is 9.71 Å². The molecule has 1 atom stereocenters. The molecule has 8 nitrogen and oxygen atoms in total. The van der Waals surface area contributed by atoms with Crippen molar-refractivity contribution >= 4 is 19.9 Å². The molecule has 2 aromatic rings. The number of nitrogens with zero attached hydrogens (tertiary/aromatic N) is 1. The van der Waals surface area contributed by atoms with Gasteiger partial charge in [-0.15, -0.1) is 0 Å². The van der Waals surface area contributed by atoms with Crippen LogP contribution < -0.4 is 14.2 Å². The normalized spacial score (nSPS) is 15.1. The van der Waals surface area contributed by atoms with E-state index in [1.165, 1.54) is 30.6 Å². The zero-order chi connectivity index (χ0) is 18.1. The van der Waals surface area contributed by atoms with Gasteiger partial charge in [-0.25, -0.2) is 21.6 Å². The topological polar surface area (TPSA) is 112 Å². The molecule has 25 heavy (non-hydrogen) atoms. The predicted octanol–water partition coefficient (Wildman–Crippen LogP) is 0.874. The molecule has 134 valence electrons. The fourth-order valence-corrected chi connectivity index (χ4v) is 4.65. The van der Waals surface area contributed by atoms with E-state index in [9.17, 15) is 16.8 Å². The largest absolute Gasteiger partial charge is 0.454 e. The van der Waals surface area contributed by atoms with Crippen LogP contribution in [0.25, 0.3) is 0 Å². The zero-order valence-corrected chi connectivity index (χ0v) is 14.9. The maximum absolute atomic E-state index is 13.1. The highest BCUT2D eigenvalue weighted by Crippen LogP contribution is 2.37. The molecule has 10 heteroatoms. The van der Waals surface area contributed by atoms with Crippen molar-refractivity contribution in [3.05, 3.63) is 48.3 Å². The lowest BCUT2D eigenvalue weighted by molar-refractivity contribution is 0.174. The van der Waals surface area contributed by atoms with Gasteiger partial charge in [-0.05, 0) is 23.8 Å². The average molecular weight is 384 g/mol. The second kappa shape index (κ2) is 6.62. The smallest absolute Gasteiger partial charge is 0.231 e. The highest BCUT2D eigenvalue weighted by molar-refractivity contribution is 7.92. The minimum absolute atomic E-state index is 0.0147. The second-order valence-corrected chi connectivity index (χ2v) is 9.42. The van der Waals surface area contributed by atoms with Crippen LogP contribution in [0.5, 0.6) is 11.5 Å². The van der Waals surface area contributed by atoms with Crippen molar-refractivity contribution in [2.45, 2.75) is 10.1 Å². The Morgan fingerprint density at radius 3 is 2.60 bits per heavy atom. The summed E-state index contributed by atoms with van der Waals surface area (Å²) >= 11 is 0. The van der Waals surface area contributed by atoms with E-state index >= 15 is 0 Å². The third kappa shape index (κ3) is 3.91. The van der Waals surface area contributed by atoms with E-state index in [1.807, 2.05) is 0 Å². The number of nitrogens with one attached hydrogen (secondary N) is 1. The van der Waals surface area contributed by atoms with Gasteiger partial charge in [0.15, 0.2) is 21.3 Å².